The standard InChI is InChI=1S/C24H32F2N8O2/c1-16(23(35)32(4)10-9-31(2)3)27-24-29-19(33-11-13-36-14-12-33)15-20(30-24)34-18-8-6-5-7-17(18)28-22(34)21(25)26/h5-8,15-16,21H,9-14H2,1-4H3,(H,27,29,30)/t16-/m0/s1. The number of anilines is 2. The molecule has 4 rings (SSSR count). The van der Waals surface area contributed by atoms with Crippen LogP contribution in [0.5, 0.6) is 0 Å². The van der Waals surface area contributed by atoms with E-state index < -0.39 is 18.3 Å². The highest BCUT2D eigenvalue weighted by atomic mass is 19.3. The molecule has 3 heterocycles. The fourth-order valence-electron chi connectivity index (χ4n) is 4.03. The predicted octanol–water partition coefficient (Wildman–Crippen LogP) is 2.41. The summed E-state index contributed by atoms with van der Waals surface area (Å²) < 4.78 is 34.8. The van der Waals surface area contributed by atoms with Gasteiger partial charge in [0.1, 0.15) is 17.7 Å². The molecule has 1 fully saturated rings. The molecule has 0 saturated carbocycles. The number of likely N-dealkylation sites (N-methyl/N-ethyl adjacent to an activating group) is 2. The van der Waals surface area contributed by atoms with Gasteiger partial charge in [0.25, 0.3) is 6.43 Å². The number of morpholine rings is 1. The summed E-state index contributed by atoms with van der Waals surface area (Å²) in [5, 5.41) is 3.08. The summed E-state index contributed by atoms with van der Waals surface area (Å²) in [4.78, 5) is 31.9. The van der Waals surface area contributed by atoms with Gasteiger partial charge >= 0.3 is 0 Å². The maximum absolute atomic E-state index is 14.0. The molecule has 12 heteroatoms. The summed E-state index contributed by atoms with van der Waals surface area (Å²) in [5.74, 6) is 0.457. The quantitative estimate of drug-likeness (QED) is 0.477. The van der Waals surface area contributed by atoms with Crippen molar-refractivity contribution in [1.82, 2.24) is 29.3 Å². The summed E-state index contributed by atoms with van der Waals surface area (Å²) in [6.45, 7) is 5.29. The first-order chi connectivity index (χ1) is 17.2. The molecule has 1 amide bonds. The van der Waals surface area contributed by atoms with E-state index in [-0.39, 0.29) is 17.7 Å². The van der Waals surface area contributed by atoms with Crippen LogP contribution in [0.1, 0.15) is 19.2 Å². The van der Waals surface area contributed by atoms with Crippen LogP contribution in [0.15, 0.2) is 30.3 Å². The minimum Gasteiger partial charge on any atom is -0.378 e. The highest BCUT2D eigenvalue weighted by Crippen LogP contribution is 2.29. The molecule has 1 N–H and O–H groups in total. The molecule has 10 nitrogen and oxygen atoms in total. The average Bonchev–Trinajstić information content (AvgIpc) is 3.27. The van der Waals surface area contributed by atoms with E-state index in [2.05, 4.69) is 20.3 Å². The lowest BCUT2D eigenvalue weighted by atomic mass is 10.3. The maximum Gasteiger partial charge on any atom is 0.296 e. The molecule has 1 aromatic carbocycles. The number of hydrogen-bond donors (Lipinski definition) is 1. The van der Waals surface area contributed by atoms with Crippen molar-refractivity contribution in [3.8, 4) is 5.82 Å². The van der Waals surface area contributed by atoms with E-state index in [4.69, 9.17) is 4.74 Å². The third-order valence-corrected chi connectivity index (χ3v) is 6.02. The summed E-state index contributed by atoms with van der Waals surface area (Å²) >= 11 is 0. The Morgan fingerprint density at radius 3 is 2.47 bits per heavy atom. The van der Waals surface area contributed by atoms with Gasteiger partial charge in [-0.05, 0) is 33.2 Å². The number of fused-ring (bicyclic) bond motifs is 1. The monoisotopic (exact) mass is 502 g/mol. The Hall–Kier alpha value is -3.38. The predicted molar refractivity (Wildman–Crippen MR) is 134 cm³/mol. The number of rotatable bonds is 9. The SMILES string of the molecule is C[C@H](Nc1nc(N2CCOCC2)cc(-n2c(C(F)F)nc3ccccc32)n1)C(=O)N(C)CCN(C)C. The van der Waals surface area contributed by atoms with Gasteiger partial charge in [-0.2, -0.15) is 9.97 Å². The number of amides is 1. The molecule has 194 valence electrons. The molecular weight excluding hydrogens is 470 g/mol. The summed E-state index contributed by atoms with van der Waals surface area (Å²) in [5.41, 5.74) is 0.956. The second-order valence-corrected chi connectivity index (χ2v) is 9.03. The van der Waals surface area contributed by atoms with Crippen LogP contribution in [-0.2, 0) is 9.53 Å². The van der Waals surface area contributed by atoms with Gasteiger partial charge < -0.3 is 24.8 Å². The molecule has 0 radical (unpaired) electrons. The number of carbonyl (C=O) groups excluding carboxylic acids is 1. The number of halogens is 2. The fraction of sp³-hybridized carbons (Fsp3) is 0.500. The normalized spacial score (nSPS) is 15.1. The van der Waals surface area contributed by atoms with Gasteiger partial charge in [-0.3, -0.25) is 9.36 Å². The molecule has 1 aliphatic heterocycles. The molecule has 36 heavy (non-hydrogen) atoms. The first-order valence-corrected chi connectivity index (χ1v) is 11.9. The van der Waals surface area contributed by atoms with Crippen LogP contribution >= 0.6 is 0 Å². The molecule has 2 aromatic heterocycles. The number of nitrogens with one attached hydrogen (secondary N) is 1. The minimum atomic E-state index is -2.80. The van der Waals surface area contributed by atoms with Crippen LogP contribution in [0.3, 0.4) is 0 Å². The molecule has 0 spiro atoms. The maximum atomic E-state index is 14.0. The number of carbonyl (C=O) groups is 1. The second kappa shape index (κ2) is 11.1. The first-order valence-electron chi connectivity index (χ1n) is 11.9. The first kappa shape index (κ1) is 25.7. The van der Waals surface area contributed by atoms with Gasteiger partial charge in [-0.15, -0.1) is 0 Å². The number of alkyl halides is 2. The Balaban J connectivity index is 1.72. The number of aromatic nitrogens is 4. The van der Waals surface area contributed by atoms with Gasteiger partial charge in [0.05, 0.1) is 24.2 Å². The molecule has 3 aromatic rings. The topological polar surface area (TPSA) is 91.6 Å². The second-order valence-electron chi connectivity index (χ2n) is 9.03. The van der Waals surface area contributed by atoms with Crippen LogP contribution < -0.4 is 10.2 Å². The molecule has 0 aliphatic carbocycles. The van der Waals surface area contributed by atoms with Crippen LogP contribution in [0.2, 0.25) is 0 Å². The lowest BCUT2D eigenvalue weighted by Gasteiger charge is -2.29. The molecule has 1 atom stereocenters. The number of ether oxygens (including phenoxy) is 1. The van der Waals surface area contributed by atoms with Gasteiger partial charge in [0.2, 0.25) is 11.9 Å². The van der Waals surface area contributed by atoms with Crippen molar-refractivity contribution in [1.29, 1.82) is 0 Å². The summed E-state index contributed by atoms with van der Waals surface area (Å²) in [6.07, 6.45) is -2.80. The van der Waals surface area contributed by atoms with Crippen molar-refractivity contribution in [2.24, 2.45) is 0 Å². The highest BCUT2D eigenvalue weighted by Gasteiger charge is 2.24. The van der Waals surface area contributed by atoms with Gasteiger partial charge in [0.15, 0.2) is 5.82 Å². The molecule has 1 aliphatic rings. The third kappa shape index (κ3) is 5.71. The van der Waals surface area contributed by atoms with Crippen LogP contribution in [-0.4, -0.2) is 102 Å². The Bertz CT molecular complexity index is 1200. The number of benzene rings is 1. The van der Waals surface area contributed by atoms with Crippen molar-refractivity contribution in [3.05, 3.63) is 36.2 Å². The third-order valence-electron chi connectivity index (χ3n) is 6.02. The number of nitrogens with zero attached hydrogens (tertiary/aromatic N) is 7. The van der Waals surface area contributed by atoms with Crippen molar-refractivity contribution in [2.45, 2.75) is 19.4 Å². The highest BCUT2D eigenvalue weighted by molar-refractivity contribution is 5.83. The zero-order chi connectivity index (χ0) is 25.8. The molecule has 1 saturated heterocycles. The lowest BCUT2D eigenvalue weighted by Crippen LogP contribution is -2.42. The van der Waals surface area contributed by atoms with E-state index in [0.29, 0.717) is 49.7 Å². The summed E-state index contributed by atoms with van der Waals surface area (Å²) in [7, 11) is 5.63. The largest absolute Gasteiger partial charge is 0.378 e. The number of imidazole rings is 1. The van der Waals surface area contributed by atoms with Crippen LogP contribution in [0.4, 0.5) is 20.5 Å². The zero-order valence-electron chi connectivity index (χ0n) is 21.0. The lowest BCUT2D eigenvalue weighted by molar-refractivity contribution is -0.130. The van der Waals surface area contributed by atoms with E-state index >= 15 is 0 Å². The van der Waals surface area contributed by atoms with E-state index in [1.165, 1.54) is 4.57 Å². The fourth-order valence-corrected chi connectivity index (χ4v) is 4.03. The minimum absolute atomic E-state index is 0.125. The van der Waals surface area contributed by atoms with Crippen molar-refractivity contribution in [2.75, 3.05) is 70.8 Å². The van der Waals surface area contributed by atoms with Gasteiger partial charge in [0, 0.05) is 39.3 Å². The molecular formula is C24H32F2N8O2. The van der Waals surface area contributed by atoms with Gasteiger partial charge in [-0.1, -0.05) is 12.1 Å². The van der Waals surface area contributed by atoms with Crippen molar-refractivity contribution >= 4 is 28.7 Å². The Morgan fingerprint density at radius 2 is 1.78 bits per heavy atom. The van der Waals surface area contributed by atoms with E-state index in [1.54, 1.807) is 49.2 Å². The van der Waals surface area contributed by atoms with Crippen molar-refractivity contribution < 1.29 is 18.3 Å². The Morgan fingerprint density at radius 1 is 1.08 bits per heavy atom. The smallest absolute Gasteiger partial charge is 0.296 e. The van der Waals surface area contributed by atoms with Crippen LogP contribution in [0, 0.1) is 0 Å². The summed E-state index contributed by atoms with van der Waals surface area (Å²) in [6, 6.07) is 7.98. The van der Waals surface area contributed by atoms with E-state index in [1.807, 2.05) is 23.9 Å². The number of para-hydroxylation sites is 2. The number of hydrogen-bond acceptors (Lipinski definition) is 8. The zero-order valence-corrected chi connectivity index (χ0v) is 21.0. The van der Waals surface area contributed by atoms with Gasteiger partial charge in [-0.25, -0.2) is 13.8 Å². The van der Waals surface area contributed by atoms with Crippen LogP contribution in [0.25, 0.3) is 16.9 Å². The Kier molecular flexibility index (Phi) is 7.94. The molecule has 0 bridgehead atoms. The molecule has 0 unspecified atom stereocenters. The average molecular weight is 503 g/mol. The van der Waals surface area contributed by atoms with E-state index in [9.17, 15) is 13.6 Å². The van der Waals surface area contributed by atoms with E-state index in [0.717, 1.165) is 6.54 Å². The Labute approximate surface area is 208 Å². The van der Waals surface area contributed by atoms with Crippen molar-refractivity contribution in [3.63, 3.8) is 0 Å².